The van der Waals surface area contributed by atoms with Crippen molar-refractivity contribution in [2.75, 3.05) is 33.4 Å². The standard InChI is InChI=1S/C15H18N2O3/c1-19-14-5-4-12(3-2-6-16)13(9-14)10-17-7-8-20-11-15(17)18/h4-5,9H,6-8,10-11,16H2,1H3. The van der Waals surface area contributed by atoms with E-state index in [1.54, 1.807) is 12.0 Å². The molecule has 20 heavy (non-hydrogen) atoms. The van der Waals surface area contributed by atoms with Gasteiger partial charge in [-0.1, -0.05) is 11.8 Å². The molecule has 0 radical (unpaired) electrons. The molecule has 0 aromatic heterocycles. The number of nitrogens with zero attached hydrogens (tertiary/aromatic N) is 1. The number of morpholine rings is 1. The first-order chi connectivity index (χ1) is 9.74. The second-order valence-corrected chi connectivity index (χ2v) is 4.40. The van der Waals surface area contributed by atoms with Gasteiger partial charge in [-0.3, -0.25) is 4.79 Å². The van der Waals surface area contributed by atoms with E-state index in [0.717, 1.165) is 16.9 Å². The number of hydrogen-bond acceptors (Lipinski definition) is 4. The SMILES string of the molecule is COc1ccc(C#CCN)c(CN2CCOCC2=O)c1. The van der Waals surface area contributed by atoms with Gasteiger partial charge in [0.2, 0.25) is 5.91 Å². The van der Waals surface area contributed by atoms with E-state index < -0.39 is 0 Å². The topological polar surface area (TPSA) is 64.8 Å². The third kappa shape index (κ3) is 3.50. The Morgan fingerprint density at radius 1 is 1.50 bits per heavy atom. The summed E-state index contributed by atoms with van der Waals surface area (Å²) in [7, 11) is 1.62. The number of benzene rings is 1. The summed E-state index contributed by atoms with van der Waals surface area (Å²) >= 11 is 0. The Bertz CT molecular complexity index is 546. The van der Waals surface area contributed by atoms with Gasteiger partial charge in [0, 0.05) is 18.7 Å². The smallest absolute Gasteiger partial charge is 0.248 e. The molecule has 1 saturated heterocycles. The van der Waals surface area contributed by atoms with Crippen LogP contribution in [0.5, 0.6) is 5.75 Å². The van der Waals surface area contributed by atoms with E-state index in [-0.39, 0.29) is 12.5 Å². The lowest BCUT2D eigenvalue weighted by atomic mass is 10.1. The van der Waals surface area contributed by atoms with Crippen molar-refractivity contribution < 1.29 is 14.3 Å². The van der Waals surface area contributed by atoms with E-state index in [9.17, 15) is 4.79 Å². The third-order valence-corrected chi connectivity index (χ3v) is 3.08. The van der Waals surface area contributed by atoms with Gasteiger partial charge < -0.3 is 20.1 Å². The van der Waals surface area contributed by atoms with Gasteiger partial charge in [-0.15, -0.1) is 0 Å². The number of carbonyl (C=O) groups excluding carboxylic acids is 1. The van der Waals surface area contributed by atoms with Gasteiger partial charge in [0.05, 0.1) is 20.3 Å². The van der Waals surface area contributed by atoms with Crippen LogP contribution in [0.25, 0.3) is 0 Å². The van der Waals surface area contributed by atoms with Crippen molar-refractivity contribution in [3.05, 3.63) is 29.3 Å². The summed E-state index contributed by atoms with van der Waals surface area (Å²) in [6.07, 6.45) is 0. The fourth-order valence-corrected chi connectivity index (χ4v) is 2.02. The summed E-state index contributed by atoms with van der Waals surface area (Å²) in [6.45, 7) is 2.13. The molecule has 1 amide bonds. The third-order valence-electron chi connectivity index (χ3n) is 3.08. The Labute approximate surface area is 118 Å². The molecule has 1 aliphatic rings. The molecule has 1 aromatic rings. The number of rotatable bonds is 3. The van der Waals surface area contributed by atoms with Crippen LogP contribution in [0, 0.1) is 11.8 Å². The second-order valence-electron chi connectivity index (χ2n) is 4.40. The quantitative estimate of drug-likeness (QED) is 0.809. The minimum Gasteiger partial charge on any atom is -0.497 e. The van der Waals surface area contributed by atoms with Crippen LogP contribution in [0.1, 0.15) is 11.1 Å². The first-order valence-electron chi connectivity index (χ1n) is 6.46. The number of nitrogens with two attached hydrogens (primary N) is 1. The highest BCUT2D eigenvalue weighted by Gasteiger charge is 2.19. The number of amides is 1. The van der Waals surface area contributed by atoms with E-state index in [1.165, 1.54) is 0 Å². The van der Waals surface area contributed by atoms with Crippen molar-refractivity contribution in [2.24, 2.45) is 5.73 Å². The maximum absolute atomic E-state index is 11.8. The van der Waals surface area contributed by atoms with Crippen molar-refractivity contribution in [1.82, 2.24) is 4.90 Å². The molecule has 0 atom stereocenters. The molecule has 0 bridgehead atoms. The summed E-state index contributed by atoms with van der Waals surface area (Å²) in [6, 6.07) is 5.65. The molecule has 2 N–H and O–H groups in total. The fraction of sp³-hybridized carbons (Fsp3) is 0.400. The minimum absolute atomic E-state index is 0.00296. The van der Waals surface area contributed by atoms with Gasteiger partial charge >= 0.3 is 0 Å². The monoisotopic (exact) mass is 274 g/mol. The van der Waals surface area contributed by atoms with E-state index in [1.807, 2.05) is 18.2 Å². The summed E-state index contributed by atoms with van der Waals surface area (Å²) in [5.74, 6) is 6.61. The maximum Gasteiger partial charge on any atom is 0.248 e. The lowest BCUT2D eigenvalue weighted by Gasteiger charge is -2.27. The molecule has 0 spiro atoms. The van der Waals surface area contributed by atoms with Crippen LogP contribution in [0.3, 0.4) is 0 Å². The largest absolute Gasteiger partial charge is 0.497 e. The molecule has 0 saturated carbocycles. The molecule has 5 nitrogen and oxygen atoms in total. The van der Waals surface area contributed by atoms with Crippen molar-refractivity contribution in [2.45, 2.75) is 6.54 Å². The van der Waals surface area contributed by atoms with Gasteiger partial charge in [-0.2, -0.15) is 0 Å². The van der Waals surface area contributed by atoms with Crippen LogP contribution in [0.15, 0.2) is 18.2 Å². The number of methoxy groups -OCH3 is 1. The molecule has 0 unspecified atom stereocenters. The van der Waals surface area contributed by atoms with Crippen molar-refractivity contribution in [1.29, 1.82) is 0 Å². The van der Waals surface area contributed by atoms with Crippen LogP contribution in [-0.2, 0) is 16.1 Å². The number of ether oxygens (including phenoxy) is 2. The van der Waals surface area contributed by atoms with E-state index in [2.05, 4.69) is 11.8 Å². The molecule has 1 fully saturated rings. The summed E-state index contributed by atoms with van der Waals surface area (Å²) < 4.78 is 10.4. The molecule has 106 valence electrons. The Hall–Kier alpha value is -2.03. The maximum atomic E-state index is 11.8. The van der Waals surface area contributed by atoms with Crippen LogP contribution < -0.4 is 10.5 Å². The van der Waals surface area contributed by atoms with Crippen molar-refractivity contribution >= 4 is 5.91 Å². The molecular formula is C15H18N2O3. The number of carbonyl (C=O) groups is 1. The van der Waals surface area contributed by atoms with E-state index in [0.29, 0.717) is 26.2 Å². The lowest BCUT2D eigenvalue weighted by molar-refractivity contribution is -0.143. The zero-order chi connectivity index (χ0) is 14.4. The average molecular weight is 274 g/mol. The van der Waals surface area contributed by atoms with Crippen LogP contribution >= 0.6 is 0 Å². The van der Waals surface area contributed by atoms with Gasteiger partial charge in [0.25, 0.3) is 0 Å². The Balaban J connectivity index is 2.24. The van der Waals surface area contributed by atoms with Gasteiger partial charge in [-0.05, 0) is 23.8 Å². The van der Waals surface area contributed by atoms with Crippen LogP contribution in [0.4, 0.5) is 0 Å². The summed E-state index contributed by atoms with van der Waals surface area (Å²) in [5.41, 5.74) is 7.24. The fourth-order valence-electron chi connectivity index (χ4n) is 2.02. The summed E-state index contributed by atoms with van der Waals surface area (Å²) in [5, 5.41) is 0. The van der Waals surface area contributed by atoms with E-state index in [4.69, 9.17) is 15.2 Å². The van der Waals surface area contributed by atoms with Gasteiger partial charge in [-0.25, -0.2) is 0 Å². The van der Waals surface area contributed by atoms with E-state index >= 15 is 0 Å². The molecule has 1 aliphatic heterocycles. The number of hydrogen-bond donors (Lipinski definition) is 1. The molecule has 0 aliphatic carbocycles. The predicted octanol–water partition coefficient (Wildman–Crippen LogP) is 0.364. The highest BCUT2D eigenvalue weighted by atomic mass is 16.5. The van der Waals surface area contributed by atoms with Crippen molar-refractivity contribution in [3.8, 4) is 17.6 Å². The Kier molecular flexibility index (Phi) is 4.99. The Morgan fingerprint density at radius 3 is 3.05 bits per heavy atom. The zero-order valence-electron chi connectivity index (χ0n) is 11.5. The first kappa shape index (κ1) is 14.4. The molecule has 1 aromatic carbocycles. The lowest BCUT2D eigenvalue weighted by Crippen LogP contribution is -2.41. The molecule has 2 rings (SSSR count). The molecular weight excluding hydrogens is 256 g/mol. The predicted molar refractivity (Wildman–Crippen MR) is 75.2 cm³/mol. The summed E-state index contributed by atoms with van der Waals surface area (Å²) in [4.78, 5) is 13.6. The molecule has 1 heterocycles. The highest BCUT2D eigenvalue weighted by Crippen LogP contribution is 2.19. The first-order valence-corrected chi connectivity index (χ1v) is 6.46. The zero-order valence-corrected chi connectivity index (χ0v) is 11.5. The van der Waals surface area contributed by atoms with Crippen LogP contribution in [0.2, 0.25) is 0 Å². The average Bonchev–Trinajstić information content (AvgIpc) is 2.48. The minimum atomic E-state index is -0.00296. The van der Waals surface area contributed by atoms with Gasteiger partial charge in [0.15, 0.2) is 0 Å². The van der Waals surface area contributed by atoms with Crippen molar-refractivity contribution in [3.63, 3.8) is 0 Å². The Morgan fingerprint density at radius 2 is 2.35 bits per heavy atom. The highest BCUT2D eigenvalue weighted by molar-refractivity contribution is 5.78. The molecule has 5 heteroatoms. The second kappa shape index (κ2) is 6.94. The van der Waals surface area contributed by atoms with Crippen LogP contribution in [-0.4, -0.2) is 44.2 Å². The normalized spacial score (nSPS) is 14.7. The van der Waals surface area contributed by atoms with Gasteiger partial charge in [0.1, 0.15) is 12.4 Å².